The van der Waals surface area contributed by atoms with Gasteiger partial charge in [-0.2, -0.15) is 5.10 Å². The molecule has 3 heteroatoms. The molecule has 3 nitrogen and oxygen atoms in total. The zero-order chi connectivity index (χ0) is 10.4. The number of unbranched alkanes of at least 4 members (excludes halogenated alkanes) is 1. The lowest BCUT2D eigenvalue weighted by Gasteiger charge is -2.17. The molecule has 1 aromatic rings. The van der Waals surface area contributed by atoms with Crippen molar-refractivity contribution in [2.75, 3.05) is 6.54 Å². The highest BCUT2D eigenvalue weighted by Crippen LogP contribution is 2.17. The molecule has 1 heterocycles. The second-order valence-electron chi connectivity index (χ2n) is 3.63. The fourth-order valence-corrected chi connectivity index (χ4v) is 1.74. The number of aromatic nitrogens is 2. The van der Waals surface area contributed by atoms with Gasteiger partial charge in [0, 0.05) is 19.3 Å². The Bertz CT molecular complexity index is 255. The Labute approximate surface area is 86.5 Å². The average Bonchev–Trinajstić information content (AvgIpc) is 2.59. The van der Waals surface area contributed by atoms with Gasteiger partial charge >= 0.3 is 0 Å². The first-order valence-electron chi connectivity index (χ1n) is 5.50. The third kappa shape index (κ3) is 2.84. The highest BCUT2D eigenvalue weighted by Gasteiger charge is 2.12. The largest absolute Gasteiger partial charge is 0.309 e. The van der Waals surface area contributed by atoms with Crippen molar-refractivity contribution in [3.8, 4) is 0 Å². The summed E-state index contributed by atoms with van der Waals surface area (Å²) in [7, 11) is 2.01. The smallest absolute Gasteiger partial charge is 0.0550 e. The molecule has 1 rings (SSSR count). The molecule has 0 spiro atoms. The third-order valence-electron chi connectivity index (χ3n) is 2.51. The van der Waals surface area contributed by atoms with E-state index < -0.39 is 0 Å². The van der Waals surface area contributed by atoms with E-state index in [1.165, 1.54) is 25.0 Å². The summed E-state index contributed by atoms with van der Waals surface area (Å²) in [4.78, 5) is 0. The van der Waals surface area contributed by atoms with Crippen LogP contribution in [-0.2, 0) is 7.05 Å². The van der Waals surface area contributed by atoms with E-state index in [4.69, 9.17) is 0 Å². The van der Waals surface area contributed by atoms with Crippen LogP contribution in [0.1, 0.15) is 44.8 Å². The van der Waals surface area contributed by atoms with Gasteiger partial charge in [-0.25, -0.2) is 0 Å². The molecule has 1 N–H and O–H groups in total. The summed E-state index contributed by atoms with van der Waals surface area (Å²) in [5, 5.41) is 7.70. The second kappa shape index (κ2) is 5.81. The zero-order valence-electron chi connectivity index (χ0n) is 9.45. The number of hydrogen-bond donors (Lipinski definition) is 1. The summed E-state index contributed by atoms with van der Waals surface area (Å²) in [6.07, 6.45) is 5.58. The van der Waals surface area contributed by atoms with Crippen molar-refractivity contribution in [3.63, 3.8) is 0 Å². The summed E-state index contributed by atoms with van der Waals surface area (Å²) in [5.41, 5.74) is 1.29. The summed E-state index contributed by atoms with van der Waals surface area (Å²) in [6.45, 7) is 5.39. The van der Waals surface area contributed by atoms with E-state index in [2.05, 4.69) is 30.3 Å². The van der Waals surface area contributed by atoms with E-state index in [0.717, 1.165) is 6.54 Å². The number of nitrogens with one attached hydrogen (secondary N) is 1. The molecule has 0 saturated heterocycles. The molecule has 0 saturated carbocycles. The van der Waals surface area contributed by atoms with Crippen LogP contribution in [0.2, 0.25) is 0 Å². The molecule has 0 aliphatic rings. The summed E-state index contributed by atoms with van der Waals surface area (Å²) in [6, 6.07) is 2.57. The van der Waals surface area contributed by atoms with Crippen LogP contribution in [0.5, 0.6) is 0 Å². The molecule has 1 atom stereocenters. The van der Waals surface area contributed by atoms with Gasteiger partial charge in [-0.1, -0.05) is 26.7 Å². The maximum absolute atomic E-state index is 4.20. The number of hydrogen-bond acceptors (Lipinski definition) is 2. The Morgan fingerprint density at radius 3 is 2.79 bits per heavy atom. The van der Waals surface area contributed by atoms with Gasteiger partial charge in [0.1, 0.15) is 0 Å². The van der Waals surface area contributed by atoms with Gasteiger partial charge in [0.05, 0.1) is 5.69 Å². The quantitative estimate of drug-likeness (QED) is 0.754. The fraction of sp³-hybridized carbons (Fsp3) is 0.727. The van der Waals surface area contributed by atoms with Crippen LogP contribution < -0.4 is 5.32 Å². The molecule has 0 aliphatic heterocycles. The first kappa shape index (κ1) is 11.2. The number of nitrogens with zero attached hydrogens (tertiary/aromatic N) is 2. The van der Waals surface area contributed by atoms with Gasteiger partial charge in [0.15, 0.2) is 0 Å². The van der Waals surface area contributed by atoms with Gasteiger partial charge in [-0.3, -0.25) is 4.68 Å². The van der Waals surface area contributed by atoms with Crippen molar-refractivity contribution >= 4 is 0 Å². The lowest BCUT2D eigenvalue weighted by molar-refractivity contribution is 0.464. The zero-order valence-corrected chi connectivity index (χ0v) is 9.45. The minimum absolute atomic E-state index is 0.465. The standard InChI is InChI=1S/C11H21N3/c1-4-6-7-10(12-5-2)11-8-9-13-14(11)3/h8-10,12H,4-7H2,1-3H3. The Balaban J connectivity index is 2.62. The predicted molar refractivity (Wildman–Crippen MR) is 59.2 cm³/mol. The Morgan fingerprint density at radius 2 is 2.29 bits per heavy atom. The van der Waals surface area contributed by atoms with E-state index in [-0.39, 0.29) is 0 Å². The maximum Gasteiger partial charge on any atom is 0.0550 e. The van der Waals surface area contributed by atoms with Gasteiger partial charge in [-0.15, -0.1) is 0 Å². The molecular formula is C11H21N3. The lowest BCUT2D eigenvalue weighted by atomic mass is 10.1. The molecule has 0 bridgehead atoms. The molecule has 14 heavy (non-hydrogen) atoms. The first-order chi connectivity index (χ1) is 6.79. The van der Waals surface area contributed by atoms with Crippen molar-refractivity contribution in [2.45, 2.75) is 39.2 Å². The van der Waals surface area contributed by atoms with Gasteiger partial charge in [-0.05, 0) is 19.0 Å². The van der Waals surface area contributed by atoms with Gasteiger partial charge in [0.2, 0.25) is 0 Å². The Kier molecular flexibility index (Phi) is 4.66. The van der Waals surface area contributed by atoms with Crippen molar-refractivity contribution < 1.29 is 0 Å². The molecule has 0 aromatic carbocycles. The van der Waals surface area contributed by atoms with Crippen molar-refractivity contribution in [3.05, 3.63) is 18.0 Å². The molecule has 0 amide bonds. The summed E-state index contributed by atoms with van der Waals surface area (Å²) < 4.78 is 1.96. The topological polar surface area (TPSA) is 29.9 Å². The monoisotopic (exact) mass is 195 g/mol. The van der Waals surface area contributed by atoms with Crippen molar-refractivity contribution in [2.24, 2.45) is 7.05 Å². The van der Waals surface area contributed by atoms with Crippen molar-refractivity contribution in [1.82, 2.24) is 15.1 Å². The van der Waals surface area contributed by atoms with E-state index in [1.54, 1.807) is 0 Å². The Morgan fingerprint density at radius 1 is 1.50 bits per heavy atom. The minimum atomic E-state index is 0.465. The van der Waals surface area contributed by atoms with Crippen LogP contribution in [0, 0.1) is 0 Å². The summed E-state index contributed by atoms with van der Waals surface area (Å²) >= 11 is 0. The minimum Gasteiger partial charge on any atom is -0.309 e. The van der Waals surface area contributed by atoms with E-state index in [0.29, 0.717) is 6.04 Å². The van der Waals surface area contributed by atoms with E-state index in [9.17, 15) is 0 Å². The Hall–Kier alpha value is -0.830. The van der Waals surface area contributed by atoms with Gasteiger partial charge < -0.3 is 5.32 Å². The second-order valence-corrected chi connectivity index (χ2v) is 3.63. The number of aryl methyl sites for hydroxylation is 1. The van der Waals surface area contributed by atoms with Crippen LogP contribution in [0.3, 0.4) is 0 Å². The molecule has 1 unspecified atom stereocenters. The molecule has 0 fully saturated rings. The summed E-state index contributed by atoms with van der Waals surface area (Å²) in [5.74, 6) is 0. The predicted octanol–water partition coefficient (Wildman–Crippen LogP) is 2.26. The van der Waals surface area contributed by atoms with Crippen LogP contribution in [0.15, 0.2) is 12.3 Å². The highest BCUT2D eigenvalue weighted by atomic mass is 15.3. The number of rotatable bonds is 6. The van der Waals surface area contributed by atoms with Crippen LogP contribution in [0.4, 0.5) is 0 Å². The molecule has 0 radical (unpaired) electrons. The fourth-order valence-electron chi connectivity index (χ4n) is 1.74. The molecular weight excluding hydrogens is 174 g/mol. The van der Waals surface area contributed by atoms with Crippen LogP contribution in [0.25, 0.3) is 0 Å². The average molecular weight is 195 g/mol. The third-order valence-corrected chi connectivity index (χ3v) is 2.51. The lowest BCUT2D eigenvalue weighted by Crippen LogP contribution is -2.23. The van der Waals surface area contributed by atoms with Crippen LogP contribution in [-0.4, -0.2) is 16.3 Å². The normalized spacial score (nSPS) is 13.1. The van der Waals surface area contributed by atoms with E-state index in [1.807, 2.05) is 17.9 Å². The van der Waals surface area contributed by atoms with E-state index >= 15 is 0 Å². The highest BCUT2D eigenvalue weighted by molar-refractivity contribution is 5.06. The van der Waals surface area contributed by atoms with Crippen molar-refractivity contribution in [1.29, 1.82) is 0 Å². The first-order valence-corrected chi connectivity index (χ1v) is 5.50. The van der Waals surface area contributed by atoms with Crippen LogP contribution >= 0.6 is 0 Å². The maximum atomic E-state index is 4.20. The molecule has 0 aliphatic carbocycles. The SMILES string of the molecule is CCCCC(NCC)c1ccnn1C. The van der Waals surface area contributed by atoms with Gasteiger partial charge in [0.25, 0.3) is 0 Å². The molecule has 80 valence electrons. The molecule has 1 aromatic heterocycles.